The van der Waals surface area contributed by atoms with E-state index in [1.807, 2.05) is 24.3 Å². The molecule has 0 aliphatic carbocycles. The van der Waals surface area contributed by atoms with Gasteiger partial charge in [-0.15, -0.1) is 11.8 Å². The summed E-state index contributed by atoms with van der Waals surface area (Å²) in [6.07, 6.45) is 0. The van der Waals surface area contributed by atoms with Crippen molar-refractivity contribution in [3.8, 4) is 5.75 Å². The van der Waals surface area contributed by atoms with Crippen molar-refractivity contribution in [1.82, 2.24) is 0 Å². The normalized spacial score (nSPS) is 12.1. The highest BCUT2D eigenvalue weighted by Crippen LogP contribution is 2.26. The van der Waals surface area contributed by atoms with E-state index in [4.69, 9.17) is 16.3 Å². The molecule has 3 aromatic rings. The van der Waals surface area contributed by atoms with E-state index in [1.54, 1.807) is 50.4 Å². The van der Waals surface area contributed by atoms with E-state index < -0.39 is 10.0 Å². The lowest BCUT2D eigenvalue weighted by molar-refractivity contribution is -0.115. The van der Waals surface area contributed by atoms with Gasteiger partial charge in [-0.05, 0) is 79.7 Å². The largest absolute Gasteiger partial charge is 0.497 e. The minimum atomic E-state index is -3.75. The Balaban J connectivity index is 1.61. The van der Waals surface area contributed by atoms with Gasteiger partial charge in [0.15, 0.2) is 0 Å². The van der Waals surface area contributed by atoms with E-state index in [9.17, 15) is 13.2 Å². The van der Waals surface area contributed by atoms with Gasteiger partial charge in [-0.25, -0.2) is 8.42 Å². The standard InChI is InChI=1S/C22H21ClN2O4S2/c1-15(30-20-11-9-19(29-2)10-12-20)22(26)24-17-7-13-21(14-8-17)31(27,28)25-18-5-3-16(23)4-6-18/h3-15,25H,1-2H3,(H,24,26)/t15-/m0/s1. The molecule has 0 aliphatic heterocycles. The quantitative estimate of drug-likeness (QED) is 0.433. The molecule has 9 heteroatoms. The third kappa shape index (κ3) is 6.40. The second kappa shape index (κ2) is 10.1. The molecule has 0 radical (unpaired) electrons. The molecule has 0 saturated carbocycles. The molecule has 0 fully saturated rings. The predicted molar refractivity (Wildman–Crippen MR) is 126 cm³/mol. The van der Waals surface area contributed by atoms with Crippen molar-refractivity contribution in [2.45, 2.75) is 22.0 Å². The SMILES string of the molecule is COc1ccc(S[C@@H](C)C(=O)Nc2ccc(S(=O)(=O)Nc3ccc(Cl)cc3)cc2)cc1. The zero-order valence-corrected chi connectivity index (χ0v) is 19.2. The van der Waals surface area contributed by atoms with Crippen molar-refractivity contribution < 1.29 is 17.9 Å². The Kier molecular flexibility index (Phi) is 7.48. The molecular formula is C22H21ClN2O4S2. The van der Waals surface area contributed by atoms with Gasteiger partial charge in [0.1, 0.15) is 5.75 Å². The summed E-state index contributed by atoms with van der Waals surface area (Å²) >= 11 is 7.24. The maximum atomic E-state index is 12.5. The molecule has 6 nitrogen and oxygen atoms in total. The summed E-state index contributed by atoms with van der Waals surface area (Å²) in [5, 5.41) is 2.98. The van der Waals surface area contributed by atoms with Crippen LogP contribution in [0, 0.1) is 0 Å². The highest BCUT2D eigenvalue weighted by molar-refractivity contribution is 8.00. The van der Waals surface area contributed by atoms with Crippen molar-refractivity contribution in [3.05, 3.63) is 77.8 Å². The van der Waals surface area contributed by atoms with Gasteiger partial charge in [-0.2, -0.15) is 0 Å². The molecule has 162 valence electrons. The third-order valence-electron chi connectivity index (χ3n) is 4.27. The number of halogens is 1. The van der Waals surface area contributed by atoms with Gasteiger partial charge in [-0.3, -0.25) is 9.52 Å². The summed E-state index contributed by atoms with van der Waals surface area (Å²) in [5.41, 5.74) is 0.920. The molecule has 2 N–H and O–H groups in total. The lowest BCUT2D eigenvalue weighted by Gasteiger charge is -2.13. The van der Waals surface area contributed by atoms with E-state index >= 15 is 0 Å². The minimum absolute atomic E-state index is 0.0844. The minimum Gasteiger partial charge on any atom is -0.497 e. The summed E-state index contributed by atoms with van der Waals surface area (Å²) in [6.45, 7) is 1.80. The Bertz CT molecular complexity index is 1130. The summed E-state index contributed by atoms with van der Waals surface area (Å²) in [6, 6.07) is 19.8. The predicted octanol–water partition coefficient (Wildman–Crippen LogP) is 5.27. The van der Waals surface area contributed by atoms with Gasteiger partial charge >= 0.3 is 0 Å². The van der Waals surface area contributed by atoms with Gasteiger partial charge in [0.2, 0.25) is 5.91 Å². The van der Waals surface area contributed by atoms with Crippen molar-refractivity contribution in [2.75, 3.05) is 17.1 Å². The van der Waals surface area contributed by atoms with Crippen molar-refractivity contribution in [2.24, 2.45) is 0 Å². The maximum Gasteiger partial charge on any atom is 0.261 e. The van der Waals surface area contributed by atoms with Crippen molar-refractivity contribution in [3.63, 3.8) is 0 Å². The first-order valence-electron chi connectivity index (χ1n) is 9.27. The Morgan fingerprint density at radius 1 is 0.935 bits per heavy atom. The first-order chi connectivity index (χ1) is 14.8. The summed E-state index contributed by atoms with van der Waals surface area (Å²) < 4.78 is 32.7. The van der Waals surface area contributed by atoms with Gasteiger partial charge in [0, 0.05) is 21.3 Å². The summed E-state index contributed by atoms with van der Waals surface area (Å²) in [7, 11) is -2.15. The average molecular weight is 477 g/mol. The molecule has 0 bridgehead atoms. The number of anilines is 2. The van der Waals surface area contributed by atoms with E-state index in [1.165, 1.54) is 23.9 Å². The van der Waals surface area contributed by atoms with Gasteiger partial charge in [0.25, 0.3) is 10.0 Å². The molecule has 0 spiro atoms. The molecule has 0 aromatic heterocycles. The van der Waals surface area contributed by atoms with Crippen LogP contribution in [0.15, 0.2) is 82.6 Å². The average Bonchev–Trinajstić information content (AvgIpc) is 2.76. The van der Waals surface area contributed by atoms with Crippen molar-refractivity contribution >= 4 is 50.7 Å². The smallest absolute Gasteiger partial charge is 0.261 e. The van der Waals surface area contributed by atoms with Crippen LogP contribution in [0.5, 0.6) is 5.75 Å². The van der Waals surface area contributed by atoms with Crippen LogP contribution in [0.3, 0.4) is 0 Å². The first-order valence-corrected chi connectivity index (χ1v) is 12.0. The third-order valence-corrected chi connectivity index (χ3v) is 7.03. The second-order valence-corrected chi connectivity index (χ2v) is 10.1. The topological polar surface area (TPSA) is 84.5 Å². The Morgan fingerprint density at radius 2 is 1.52 bits per heavy atom. The number of hydrogen-bond donors (Lipinski definition) is 2. The number of ether oxygens (including phenoxy) is 1. The van der Waals surface area contributed by atoms with Gasteiger partial charge < -0.3 is 10.1 Å². The second-order valence-electron chi connectivity index (χ2n) is 6.56. The fourth-order valence-electron chi connectivity index (χ4n) is 2.61. The summed E-state index contributed by atoms with van der Waals surface area (Å²) in [4.78, 5) is 13.5. The zero-order chi connectivity index (χ0) is 22.4. The number of nitrogens with one attached hydrogen (secondary N) is 2. The lowest BCUT2D eigenvalue weighted by Crippen LogP contribution is -2.22. The number of carbonyl (C=O) groups is 1. The van der Waals surface area contributed by atoms with E-state index in [0.29, 0.717) is 16.4 Å². The molecular weight excluding hydrogens is 456 g/mol. The number of amides is 1. The Hall–Kier alpha value is -2.68. The van der Waals surface area contributed by atoms with Crippen LogP contribution in [0.2, 0.25) is 5.02 Å². The van der Waals surface area contributed by atoms with Crippen LogP contribution < -0.4 is 14.8 Å². The van der Waals surface area contributed by atoms with Crippen LogP contribution in [0.4, 0.5) is 11.4 Å². The first kappa shape index (κ1) is 23.0. The van der Waals surface area contributed by atoms with Crippen molar-refractivity contribution in [1.29, 1.82) is 0 Å². The van der Waals surface area contributed by atoms with Gasteiger partial charge in [-0.1, -0.05) is 11.6 Å². The van der Waals surface area contributed by atoms with Crippen LogP contribution in [-0.4, -0.2) is 26.7 Å². The number of hydrogen-bond acceptors (Lipinski definition) is 5. The molecule has 0 heterocycles. The fourth-order valence-corrected chi connectivity index (χ4v) is 4.66. The Morgan fingerprint density at radius 3 is 2.10 bits per heavy atom. The monoisotopic (exact) mass is 476 g/mol. The molecule has 3 aromatic carbocycles. The van der Waals surface area contributed by atoms with Crippen LogP contribution in [0.25, 0.3) is 0 Å². The highest BCUT2D eigenvalue weighted by atomic mass is 35.5. The maximum absolute atomic E-state index is 12.5. The number of methoxy groups -OCH3 is 1. The van der Waals surface area contributed by atoms with Crippen LogP contribution in [-0.2, 0) is 14.8 Å². The van der Waals surface area contributed by atoms with Gasteiger partial charge in [0.05, 0.1) is 17.3 Å². The van der Waals surface area contributed by atoms with Crippen LogP contribution >= 0.6 is 23.4 Å². The summed E-state index contributed by atoms with van der Waals surface area (Å²) in [5.74, 6) is 0.567. The van der Waals surface area contributed by atoms with E-state index in [2.05, 4.69) is 10.0 Å². The number of carbonyl (C=O) groups excluding carboxylic acids is 1. The molecule has 0 unspecified atom stereocenters. The zero-order valence-electron chi connectivity index (χ0n) is 16.8. The number of rotatable bonds is 8. The molecule has 1 amide bonds. The molecule has 1 atom stereocenters. The van der Waals surface area contributed by atoms with E-state index in [0.717, 1.165) is 10.6 Å². The number of thioether (sulfide) groups is 1. The van der Waals surface area contributed by atoms with E-state index in [-0.39, 0.29) is 16.1 Å². The number of sulfonamides is 1. The van der Waals surface area contributed by atoms with Crippen LogP contribution in [0.1, 0.15) is 6.92 Å². The molecule has 31 heavy (non-hydrogen) atoms. The molecule has 0 saturated heterocycles. The molecule has 3 rings (SSSR count). The highest BCUT2D eigenvalue weighted by Gasteiger charge is 2.17. The number of benzene rings is 3. The fraction of sp³-hybridized carbons (Fsp3) is 0.136. The lowest BCUT2D eigenvalue weighted by atomic mass is 10.3. The molecule has 0 aliphatic rings. The Labute approximate surface area is 191 Å².